The lowest BCUT2D eigenvalue weighted by Gasteiger charge is -2.13. The number of nitrogens with zero attached hydrogens (tertiary/aromatic N) is 2. The van der Waals surface area contributed by atoms with E-state index < -0.39 is 0 Å². The van der Waals surface area contributed by atoms with E-state index >= 15 is 0 Å². The molecule has 4 rings (SSSR count). The van der Waals surface area contributed by atoms with Crippen molar-refractivity contribution in [3.63, 3.8) is 0 Å². The average molecular weight is 267 g/mol. The molecule has 1 heterocycles. The van der Waals surface area contributed by atoms with Crippen molar-refractivity contribution in [1.29, 1.82) is 0 Å². The first-order valence-electron chi connectivity index (χ1n) is 7.55. The van der Waals surface area contributed by atoms with Gasteiger partial charge in [0.1, 0.15) is 5.82 Å². The van der Waals surface area contributed by atoms with Crippen LogP contribution in [0.15, 0.2) is 36.7 Å². The van der Waals surface area contributed by atoms with Crippen LogP contribution < -0.4 is 5.73 Å². The van der Waals surface area contributed by atoms with Gasteiger partial charge in [0.25, 0.3) is 0 Å². The topological polar surface area (TPSA) is 43.8 Å². The summed E-state index contributed by atoms with van der Waals surface area (Å²) in [5.41, 5.74) is 9.60. The number of aryl methyl sites for hydroxylation is 2. The summed E-state index contributed by atoms with van der Waals surface area (Å²) in [6, 6.07) is 9.15. The predicted molar refractivity (Wildman–Crippen MR) is 79.4 cm³/mol. The fourth-order valence-corrected chi connectivity index (χ4v) is 4.14. The molecule has 3 nitrogen and oxygen atoms in total. The minimum atomic E-state index is 0.234. The van der Waals surface area contributed by atoms with Crippen molar-refractivity contribution in [2.24, 2.45) is 24.6 Å². The van der Waals surface area contributed by atoms with E-state index in [1.165, 1.54) is 12.8 Å². The molecule has 20 heavy (non-hydrogen) atoms. The predicted octanol–water partition coefficient (Wildman–Crippen LogP) is 2.27. The van der Waals surface area contributed by atoms with Crippen LogP contribution in [0.2, 0.25) is 0 Å². The van der Waals surface area contributed by atoms with Crippen LogP contribution in [0.1, 0.15) is 29.3 Å². The quantitative estimate of drug-likeness (QED) is 0.927. The first-order chi connectivity index (χ1) is 9.75. The fraction of sp³-hybridized carbons (Fsp3) is 0.471. The molecule has 1 aromatic carbocycles. The summed E-state index contributed by atoms with van der Waals surface area (Å²) in [4.78, 5) is 4.41. The highest BCUT2D eigenvalue weighted by Gasteiger charge is 2.55. The van der Waals surface area contributed by atoms with E-state index in [1.807, 2.05) is 19.4 Å². The molecule has 2 aliphatic rings. The molecule has 3 heteroatoms. The Hall–Kier alpha value is -1.61. The molecule has 0 spiro atoms. The standard InChI is InChI=1S/C17H21N3/c1-20-9-8-19-15(20)10-14(18)17-13-7-6-11-4-2-3-5-12(11)16(13)17/h2-5,8-9,13-14,16-17H,6-7,10,18H2,1H3. The highest BCUT2D eigenvalue weighted by molar-refractivity contribution is 5.40. The van der Waals surface area contributed by atoms with Crippen LogP contribution >= 0.6 is 0 Å². The van der Waals surface area contributed by atoms with E-state index in [-0.39, 0.29) is 6.04 Å². The third-order valence-corrected chi connectivity index (χ3v) is 5.22. The van der Waals surface area contributed by atoms with Gasteiger partial charge in [-0.1, -0.05) is 24.3 Å². The highest BCUT2D eigenvalue weighted by Crippen LogP contribution is 2.61. The Morgan fingerprint density at radius 2 is 2.25 bits per heavy atom. The van der Waals surface area contributed by atoms with Crippen LogP contribution in [0, 0.1) is 11.8 Å². The van der Waals surface area contributed by atoms with Crippen molar-refractivity contribution in [2.45, 2.75) is 31.2 Å². The van der Waals surface area contributed by atoms with Crippen molar-refractivity contribution in [1.82, 2.24) is 9.55 Å². The van der Waals surface area contributed by atoms with E-state index in [1.54, 1.807) is 11.1 Å². The zero-order valence-electron chi connectivity index (χ0n) is 11.9. The number of nitrogens with two attached hydrogens (primary N) is 1. The van der Waals surface area contributed by atoms with Crippen molar-refractivity contribution in [2.75, 3.05) is 0 Å². The largest absolute Gasteiger partial charge is 0.338 e. The monoisotopic (exact) mass is 267 g/mol. The Labute approximate surface area is 119 Å². The molecule has 2 aliphatic carbocycles. The van der Waals surface area contributed by atoms with E-state index in [4.69, 9.17) is 5.73 Å². The molecular formula is C17H21N3. The number of benzene rings is 1. The maximum atomic E-state index is 6.50. The highest BCUT2D eigenvalue weighted by atomic mass is 15.0. The zero-order chi connectivity index (χ0) is 13.7. The maximum absolute atomic E-state index is 6.50. The Kier molecular flexibility index (Phi) is 2.71. The summed E-state index contributed by atoms with van der Waals surface area (Å²) < 4.78 is 2.08. The molecule has 104 valence electrons. The van der Waals surface area contributed by atoms with Crippen molar-refractivity contribution < 1.29 is 0 Å². The molecule has 0 radical (unpaired) electrons. The lowest BCUT2D eigenvalue weighted by Crippen LogP contribution is -2.28. The minimum Gasteiger partial charge on any atom is -0.338 e. The first kappa shape index (κ1) is 12.2. The van der Waals surface area contributed by atoms with Gasteiger partial charge in [-0.15, -0.1) is 0 Å². The van der Waals surface area contributed by atoms with Gasteiger partial charge in [0.05, 0.1) is 0 Å². The summed E-state index contributed by atoms with van der Waals surface area (Å²) >= 11 is 0. The number of hydrogen-bond donors (Lipinski definition) is 1. The van der Waals surface area contributed by atoms with Crippen molar-refractivity contribution in [3.05, 3.63) is 53.6 Å². The normalized spacial score (nSPS) is 28.6. The zero-order valence-corrected chi connectivity index (χ0v) is 11.9. The molecule has 0 saturated heterocycles. The van der Waals surface area contributed by atoms with E-state index in [0.29, 0.717) is 11.8 Å². The number of hydrogen-bond acceptors (Lipinski definition) is 2. The molecule has 1 aromatic heterocycles. The van der Waals surface area contributed by atoms with Gasteiger partial charge < -0.3 is 10.3 Å². The van der Waals surface area contributed by atoms with Crippen LogP contribution in [0.5, 0.6) is 0 Å². The van der Waals surface area contributed by atoms with Gasteiger partial charge in [-0.05, 0) is 41.7 Å². The second-order valence-electron chi connectivity index (χ2n) is 6.33. The summed E-state index contributed by atoms with van der Waals surface area (Å²) in [6.07, 6.45) is 7.28. The van der Waals surface area contributed by atoms with Gasteiger partial charge in [0.15, 0.2) is 0 Å². The molecule has 4 unspecified atom stereocenters. The number of aromatic nitrogens is 2. The van der Waals surface area contributed by atoms with Gasteiger partial charge in [-0.3, -0.25) is 0 Å². The Morgan fingerprint density at radius 3 is 3.05 bits per heavy atom. The van der Waals surface area contributed by atoms with Crippen molar-refractivity contribution >= 4 is 0 Å². The number of fused-ring (bicyclic) bond motifs is 3. The molecule has 2 N–H and O–H groups in total. The van der Waals surface area contributed by atoms with Gasteiger partial charge >= 0.3 is 0 Å². The Bertz CT molecular complexity index is 631. The average Bonchev–Trinajstić information content (AvgIpc) is 3.09. The van der Waals surface area contributed by atoms with Gasteiger partial charge in [-0.2, -0.15) is 0 Å². The summed E-state index contributed by atoms with van der Waals surface area (Å²) in [6.45, 7) is 0. The van der Waals surface area contributed by atoms with Crippen LogP contribution in [0.3, 0.4) is 0 Å². The molecule has 2 aromatic rings. The maximum Gasteiger partial charge on any atom is 0.109 e. The number of imidazole rings is 1. The first-order valence-corrected chi connectivity index (χ1v) is 7.55. The Balaban J connectivity index is 1.53. The summed E-state index contributed by atoms with van der Waals surface area (Å²) in [5.74, 6) is 3.26. The third kappa shape index (κ3) is 1.80. The van der Waals surface area contributed by atoms with E-state index in [0.717, 1.165) is 18.2 Å². The van der Waals surface area contributed by atoms with Crippen molar-refractivity contribution in [3.8, 4) is 0 Å². The van der Waals surface area contributed by atoms with E-state index in [9.17, 15) is 0 Å². The molecule has 0 amide bonds. The second kappa shape index (κ2) is 4.45. The smallest absolute Gasteiger partial charge is 0.109 e. The van der Waals surface area contributed by atoms with Crippen LogP contribution in [-0.4, -0.2) is 15.6 Å². The van der Waals surface area contributed by atoms with Gasteiger partial charge in [0.2, 0.25) is 0 Å². The van der Waals surface area contributed by atoms with Crippen LogP contribution in [0.25, 0.3) is 0 Å². The lowest BCUT2D eigenvalue weighted by molar-refractivity contribution is 0.516. The fourth-order valence-electron chi connectivity index (χ4n) is 4.14. The summed E-state index contributed by atoms with van der Waals surface area (Å²) in [7, 11) is 2.05. The molecule has 4 atom stereocenters. The molecular weight excluding hydrogens is 246 g/mol. The lowest BCUT2D eigenvalue weighted by atomic mass is 9.92. The minimum absolute atomic E-state index is 0.234. The Morgan fingerprint density at radius 1 is 1.40 bits per heavy atom. The summed E-state index contributed by atoms with van der Waals surface area (Å²) in [5, 5.41) is 0. The molecule has 1 fully saturated rings. The molecule has 0 aliphatic heterocycles. The van der Waals surface area contributed by atoms with Gasteiger partial charge in [0, 0.05) is 31.9 Å². The van der Waals surface area contributed by atoms with Gasteiger partial charge in [-0.25, -0.2) is 4.98 Å². The van der Waals surface area contributed by atoms with E-state index in [2.05, 4.69) is 33.8 Å². The molecule has 0 bridgehead atoms. The second-order valence-corrected chi connectivity index (χ2v) is 6.33. The van der Waals surface area contributed by atoms with Crippen LogP contribution in [-0.2, 0) is 19.9 Å². The third-order valence-electron chi connectivity index (χ3n) is 5.22. The number of rotatable bonds is 3. The van der Waals surface area contributed by atoms with Crippen LogP contribution in [0.4, 0.5) is 0 Å². The SMILES string of the molecule is Cn1ccnc1CC(N)C1C2CCc3ccccc3C21. The molecule has 1 saturated carbocycles.